The van der Waals surface area contributed by atoms with E-state index in [-0.39, 0.29) is 17.1 Å². The summed E-state index contributed by atoms with van der Waals surface area (Å²) in [4.78, 5) is 15.1. The van der Waals surface area contributed by atoms with Crippen LogP contribution in [0.1, 0.15) is 40.2 Å². The number of amides is 1. The molecular formula is C17H23FN2O. The highest BCUT2D eigenvalue weighted by Gasteiger charge is 2.27. The quantitative estimate of drug-likeness (QED) is 0.888. The molecule has 1 amide bonds. The third kappa shape index (κ3) is 3.26. The van der Waals surface area contributed by atoms with Crippen LogP contribution < -0.4 is 5.32 Å². The summed E-state index contributed by atoms with van der Waals surface area (Å²) in [5.41, 5.74) is 1.21. The Balaban J connectivity index is 2.24. The molecule has 0 aliphatic rings. The Morgan fingerprint density at radius 2 is 1.90 bits per heavy atom. The maximum Gasteiger partial charge on any atom is 0.225 e. The molecule has 0 aliphatic carbocycles. The number of carbonyl (C=O) groups excluding carboxylic acids is 1. The van der Waals surface area contributed by atoms with Crippen molar-refractivity contribution in [2.24, 2.45) is 5.41 Å². The van der Waals surface area contributed by atoms with E-state index in [0.29, 0.717) is 6.54 Å². The van der Waals surface area contributed by atoms with Crippen molar-refractivity contribution in [2.75, 3.05) is 6.54 Å². The number of hydrogen-bond donors (Lipinski definition) is 2. The van der Waals surface area contributed by atoms with Gasteiger partial charge in [0.1, 0.15) is 5.82 Å². The summed E-state index contributed by atoms with van der Waals surface area (Å²) in [5.74, 6) is -0.226. The predicted molar refractivity (Wildman–Crippen MR) is 83.7 cm³/mol. The zero-order valence-electron chi connectivity index (χ0n) is 13.3. The molecular weight excluding hydrogens is 267 g/mol. The number of fused-ring (bicyclic) bond motifs is 1. The van der Waals surface area contributed by atoms with Crippen LogP contribution in [0.2, 0.25) is 0 Å². The molecule has 0 bridgehead atoms. The minimum Gasteiger partial charge on any atom is -0.361 e. The summed E-state index contributed by atoms with van der Waals surface area (Å²) >= 11 is 0. The molecule has 3 nitrogen and oxygen atoms in total. The van der Waals surface area contributed by atoms with Crippen molar-refractivity contribution in [1.29, 1.82) is 0 Å². The van der Waals surface area contributed by atoms with Gasteiger partial charge in [-0.2, -0.15) is 0 Å². The summed E-state index contributed by atoms with van der Waals surface area (Å²) in [6.45, 7) is 10.4. The average molecular weight is 290 g/mol. The lowest BCUT2D eigenvalue weighted by Crippen LogP contribution is -2.41. The fourth-order valence-electron chi connectivity index (χ4n) is 2.32. The fourth-order valence-corrected chi connectivity index (χ4v) is 2.32. The molecule has 0 atom stereocenters. The number of halogens is 1. The lowest BCUT2D eigenvalue weighted by Gasteiger charge is -2.27. The molecule has 0 fully saturated rings. The van der Waals surface area contributed by atoms with Gasteiger partial charge in [-0.1, -0.05) is 34.6 Å². The van der Waals surface area contributed by atoms with Gasteiger partial charge in [-0.3, -0.25) is 4.79 Å². The Morgan fingerprint density at radius 1 is 1.24 bits per heavy atom. The van der Waals surface area contributed by atoms with Crippen LogP contribution in [0.4, 0.5) is 4.39 Å². The van der Waals surface area contributed by atoms with E-state index < -0.39 is 5.41 Å². The topological polar surface area (TPSA) is 44.9 Å². The molecule has 1 heterocycles. The fraction of sp³-hybridized carbons (Fsp3) is 0.471. The van der Waals surface area contributed by atoms with Gasteiger partial charge in [0, 0.05) is 34.5 Å². The molecule has 0 unspecified atom stereocenters. The standard InChI is InChI=1S/C17H23FN2O/c1-16(2,3)15(21)20-10-17(4,5)13-9-19-14-8-11(18)6-7-12(13)14/h6-9,19H,10H2,1-5H3,(H,20,21). The average Bonchev–Trinajstić information content (AvgIpc) is 2.78. The molecule has 114 valence electrons. The van der Waals surface area contributed by atoms with E-state index in [4.69, 9.17) is 0 Å². The van der Waals surface area contributed by atoms with Gasteiger partial charge < -0.3 is 10.3 Å². The molecule has 0 saturated carbocycles. The van der Waals surface area contributed by atoms with E-state index >= 15 is 0 Å². The van der Waals surface area contributed by atoms with Crippen LogP contribution in [0.5, 0.6) is 0 Å². The first-order chi connectivity index (χ1) is 9.61. The second kappa shape index (κ2) is 5.17. The maximum atomic E-state index is 13.3. The third-order valence-electron chi connectivity index (χ3n) is 3.74. The molecule has 1 aromatic heterocycles. The highest BCUT2D eigenvalue weighted by Crippen LogP contribution is 2.30. The first-order valence-corrected chi connectivity index (χ1v) is 7.17. The molecule has 21 heavy (non-hydrogen) atoms. The summed E-state index contributed by atoms with van der Waals surface area (Å²) in [5, 5.41) is 3.99. The van der Waals surface area contributed by atoms with Gasteiger partial charge >= 0.3 is 0 Å². The van der Waals surface area contributed by atoms with Crippen molar-refractivity contribution in [1.82, 2.24) is 10.3 Å². The van der Waals surface area contributed by atoms with Crippen LogP contribution in [-0.4, -0.2) is 17.4 Å². The Kier molecular flexibility index (Phi) is 3.83. The highest BCUT2D eigenvalue weighted by molar-refractivity contribution is 5.85. The maximum absolute atomic E-state index is 13.3. The SMILES string of the molecule is CC(C)(C)C(=O)NCC(C)(C)c1c[nH]c2cc(F)ccc12. The summed E-state index contributed by atoms with van der Waals surface area (Å²) in [7, 11) is 0. The van der Waals surface area contributed by atoms with Crippen LogP contribution >= 0.6 is 0 Å². The molecule has 2 N–H and O–H groups in total. The molecule has 4 heteroatoms. The van der Waals surface area contributed by atoms with Crippen LogP contribution in [0.25, 0.3) is 10.9 Å². The lowest BCUT2D eigenvalue weighted by molar-refractivity contribution is -0.128. The molecule has 0 aliphatic heterocycles. The minimum atomic E-state index is -0.403. The van der Waals surface area contributed by atoms with E-state index in [1.807, 2.05) is 27.0 Å². The Bertz CT molecular complexity index is 665. The van der Waals surface area contributed by atoms with Crippen molar-refractivity contribution in [2.45, 2.75) is 40.0 Å². The zero-order chi connectivity index (χ0) is 15.8. The van der Waals surface area contributed by atoms with Crippen LogP contribution in [-0.2, 0) is 10.2 Å². The molecule has 2 aromatic rings. The largest absolute Gasteiger partial charge is 0.361 e. The monoisotopic (exact) mass is 290 g/mol. The first-order valence-electron chi connectivity index (χ1n) is 7.17. The number of aromatic nitrogens is 1. The van der Waals surface area contributed by atoms with Gasteiger partial charge in [-0.15, -0.1) is 0 Å². The minimum absolute atomic E-state index is 0.0291. The van der Waals surface area contributed by atoms with Gasteiger partial charge in [0.25, 0.3) is 0 Å². The predicted octanol–water partition coefficient (Wildman–Crippen LogP) is 3.75. The summed E-state index contributed by atoms with van der Waals surface area (Å²) in [6.07, 6.45) is 1.90. The highest BCUT2D eigenvalue weighted by atomic mass is 19.1. The molecule has 0 spiro atoms. The summed E-state index contributed by atoms with van der Waals surface area (Å²) < 4.78 is 13.3. The van der Waals surface area contributed by atoms with Gasteiger partial charge in [0.05, 0.1) is 0 Å². The number of nitrogens with one attached hydrogen (secondary N) is 2. The van der Waals surface area contributed by atoms with Crippen molar-refractivity contribution in [3.8, 4) is 0 Å². The molecule has 0 saturated heterocycles. The smallest absolute Gasteiger partial charge is 0.225 e. The lowest BCUT2D eigenvalue weighted by atomic mass is 9.84. The van der Waals surface area contributed by atoms with E-state index in [2.05, 4.69) is 24.1 Å². The van der Waals surface area contributed by atoms with Crippen LogP contribution in [0.15, 0.2) is 24.4 Å². The van der Waals surface area contributed by atoms with Crippen molar-refractivity contribution < 1.29 is 9.18 Å². The van der Waals surface area contributed by atoms with Gasteiger partial charge in [-0.25, -0.2) is 4.39 Å². The normalized spacial score (nSPS) is 12.7. The number of benzene rings is 1. The first kappa shape index (κ1) is 15.5. The third-order valence-corrected chi connectivity index (χ3v) is 3.74. The van der Waals surface area contributed by atoms with Gasteiger partial charge in [-0.05, 0) is 23.8 Å². The second-order valence-corrected chi connectivity index (χ2v) is 7.21. The number of aromatic amines is 1. The van der Waals surface area contributed by atoms with Crippen LogP contribution in [0, 0.1) is 11.2 Å². The van der Waals surface area contributed by atoms with Gasteiger partial charge in [0.2, 0.25) is 5.91 Å². The number of H-pyrrole nitrogens is 1. The Hall–Kier alpha value is -1.84. The Morgan fingerprint density at radius 3 is 2.52 bits per heavy atom. The van der Waals surface area contributed by atoms with E-state index in [1.165, 1.54) is 12.1 Å². The molecule has 2 rings (SSSR count). The molecule has 1 aromatic carbocycles. The summed E-state index contributed by atoms with van der Waals surface area (Å²) in [6, 6.07) is 4.73. The number of hydrogen-bond acceptors (Lipinski definition) is 1. The molecule has 0 radical (unpaired) electrons. The van der Waals surface area contributed by atoms with E-state index in [9.17, 15) is 9.18 Å². The van der Waals surface area contributed by atoms with E-state index in [1.54, 1.807) is 6.07 Å². The Labute approximate surface area is 124 Å². The van der Waals surface area contributed by atoms with Crippen LogP contribution in [0.3, 0.4) is 0 Å². The number of rotatable bonds is 3. The number of carbonyl (C=O) groups is 1. The van der Waals surface area contributed by atoms with Crippen molar-refractivity contribution in [3.63, 3.8) is 0 Å². The zero-order valence-corrected chi connectivity index (χ0v) is 13.3. The van der Waals surface area contributed by atoms with E-state index in [0.717, 1.165) is 16.5 Å². The second-order valence-electron chi connectivity index (χ2n) is 7.21. The van der Waals surface area contributed by atoms with Gasteiger partial charge in [0.15, 0.2) is 0 Å². The van der Waals surface area contributed by atoms with Crippen molar-refractivity contribution in [3.05, 3.63) is 35.8 Å². The van der Waals surface area contributed by atoms with Crippen molar-refractivity contribution >= 4 is 16.8 Å².